The lowest BCUT2D eigenvalue weighted by molar-refractivity contribution is -0.159. The van der Waals surface area contributed by atoms with E-state index in [-0.39, 0.29) is 11.9 Å². The lowest BCUT2D eigenvalue weighted by atomic mass is 10.2. The number of alkyl halides is 1. The second-order valence-corrected chi connectivity index (χ2v) is 4.13. The van der Waals surface area contributed by atoms with Crippen molar-refractivity contribution < 1.29 is 14.3 Å². The topological polar surface area (TPSA) is 38.8 Å². The Labute approximate surface area is 95.5 Å². The van der Waals surface area contributed by atoms with E-state index >= 15 is 0 Å². The van der Waals surface area contributed by atoms with E-state index in [1.54, 1.807) is 4.90 Å². The molecule has 1 aliphatic rings. The summed E-state index contributed by atoms with van der Waals surface area (Å²) in [5.74, 6) is 0.419. The van der Waals surface area contributed by atoms with Gasteiger partial charge < -0.3 is 14.4 Å². The Morgan fingerprint density at radius 2 is 2.27 bits per heavy atom. The van der Waals surface area contributed by atoms with Crippen LogP contribution < -0.4 is 0 Å². The molecule has 1 unspecified atom stereocenters. The van der Waals surface area contributed by atoms with Gasteiger partial charge in [-0.05, 0) is 13.8 Å². The van der Waals surface area contributed by atoms with Crippen molar-refractivity contribution in [3.8, 4) is 0 Å². The number of nitrogens with zero attached hydrogens (tertiary/aromatic N) is 1. The van der Waals surface area contributed by atoms with E-state index in [0.717, 1.165) is 0 Å². The Morgan fingerprint density at radius 1 is 1.53 bits per heavy atom. The monoisotopic (exact) mass is 235 g/mol. The number of halogens is 1. The number of amides is 1. The Hall–Kier alpha value is -0.320. The molecule has 1 fully saturated rings. The summed E-state index contributed by atoms with van der Waals surface area (Å²) in [5, 5.41) is 0. The summed E-state index contributed by atoms with van der Waals surface area (Å²) in [6, 6.07) is 0.141. The fraction of sp³-hybridized carbons (Fsp3) is 0.900. The number of carbonyl (C=O) groups excluding carboxylic acids is 1. The smallest absolute Gasteiger partial charge is 0.254 e. The molecule has 0 aliphatic carbocycles. The first-order chi connectivity index (χ1) is 7.16. The molecule has 4 nitrogen and oxygen atoms in total. The molecule has 1 rings (SSSR count). The van der Waals surface area contributed by atoms with E-state index in [4.69, 9.17) is 21.1 Å². The van der Waals surface area contributed by atoms with Gasteiger partial charge in [0.2, 0.25) is 0 Å². The molecule has 0 N–H and O–H groups in total. The predicted molar refractivity (Wildman–Crippen MR) is 58.1 cm³/mol. The maximum atomic E-state index is 12.0. The van der Waals surface area contributed by atoms with E-state index in [1.807, 2.05) is 13.8 Å². The number of hydrogen-bond acceptors (Lipinski definition) is 3. The van der Waals surface area contributed by atoms with Crippen LogP contribution in [0, 0.1) is 0 Å². The maximum Gasteiger partial charge on any atom is 0.254 e. The SMILES string of the molecule is CC(C)N(CCCl)C(=O)C1COCCO1. The molecule has 1 aliphatic heterocycles. The van der Waals surface area contributed by atoms with Gasteiger partial charge in [0.05, 0.1) is 19.8 Å². The molecule has 5 heteroatoms. The number of carbonyl (C=O) groups is 1. The summed E-state index contributed by atoms with van der Waals surface area (Å²) in [5.41, 5.74) is 0. The van der Waals surface area contributed by atoms with Gasteiger partial charge in [0.25, 0.3) is 5.91 Å². The molecule has 1 amide bonds. The quantitative estimate of drug-likeness (QED) is 0.679. The molecule has 0 radical (unpaired) electrons. The van der Waals surface area contributed by atoms with Crippen LogP contribution in [0.5, 0.6) is 0 Å². The summed E-state index contributed by atoms with van der Waals surface area (Å²) < 4.78 is 10.6. The van der Waals surface area contributed by atoms with Crippen molar-refractivity contribution >= 4 is 17.5 Å². The van der Waals surface area contributed by atoms with Crippen LogP contribution in [0.15, 0.2) is 0 Å². The lowest BCUT2D eigenvalue weighted by Gasteiger charge is -2.31. The minimum absolute atomic E-state index is 0.0228. The van der Waals surface area contributed by atoms with Crippen molar-refractivity contribution in [2.24, 2.45) is 0 Å². The highest BCUT2D eigenvalue weighted by Crippen LogP contribution is 2.08. The number of rotatable bonds is 4. The summed E-state index contributed by atoms with van der Waals surface area (Å²) in [6.07, 6.45) is -0.454. The minimum Gasteiger partial charge on any atom is -0.376 e. The average Bonchev–Trinajstić information content (AvgIpc) is 2.26. The zero-order chi connectivity index (χ0) is 11.3. The molecule has 0 spiro atoms. The number of hydrogen-bond donors (Lipinski definition) is 0. The van der Waals surface area contributed by atoms with Crippen LogP contribution in [-0.2, 0) is 14.3 Å². The van der Waals surface area contributed by atoms with Gasteiger partial charge >= 0.3 is 0 Å². The lowest BCUT2D eigenvalue weighted by Crippen LogP contribution is -2.48. The van der Waals surface area contributed by atoms with E-state index in [1.165, 1.54) is 0 Å². The van der Waals surface area contributed by atoms with Crippen LogP contribution >= 0.6 is 11.6 Å². The van der Waals surface area contributed by atoms with Gasteiger partial charge in [0.15, 0.2) is 6.10 Å². The predicted octanol–water partition coefficient (Wildman–Crippen LogP) is 0.878. The molecule has 88 valence electrons. The van der Waals surface area contributed by atoms with E-state index in [0.29, 0.717) is 32.2 Å². The van der Waals surface area contributed by atoms with Crippen LogP contribution in [-0.4, -0.2) is 55.2 Å². The third-order valence-corrected chi connectivity index (χ3v) is 2.49. The molecule has 1 saturated heterocycles. The minimum atomic E-state index is -0.454. The molecule has 0 aromatic rings. The molecule has 1 atom stereocenters. The molecule has 0 bridgehead atoms. The highest BCUT2D eigenvalue weighted by molar-refractivity contribution is 6.18. The third kappa shape index (κ3) is 3.63. The van der Waals surface area contributed by atoms with E-state index < -0.39 is 6.10 Å². The molecule has 0 saturated carbocycles. The normalized spacial score (nSPS) is 21.7. The molecule has 1 heterocycles. The first kappa shape index (κ1) is 12.7. The van der Waals surface area contributed by atoms with Crippen molar-refractivity contribution in [1.82, 2.24) is 4.90 Å². The Kier molecular flexibility index (Phi) is 5.36. The second-order valence-electron chi connectivity index (χ2n) is 3.75. The second kappa shape index (κ2) is 6.30. The largest absolute Gasteiger partial charge is 0.376 e. The van der Waals surface area contributed by atoms with Crippen LogP contribution in [0.1, 0.15) is 13.8 Å². The van der Waals surface area contributed by atoms with Gasteiger partial charge in [-0.2, -0.15) is 0 Å². The fourth-order valence-corrected chi connectivity index (χ4v) is 1.71. The summed E-state index contributed by atoms with van der Waals surface area (Å²) in [7, 11) is 0. The van der Waals surface area contributed by atoms with Crippen molar-refractivity contribution in [2.45, 2.75) is 26.0 Å². The number of ether oxygens (including phenoxy) is 2. The zero-order valence-electron chi connectivity index (χ0n) is 9.24. The van der Waals surface area contributed by atoms with Gasteiger partial charge in [0, 0.05) is 18.5 Å². The van der Waals surface area contributed by atoms with Gasteiger partial charge in [-0.3, -0.25) is 4.79 Å². The van der Waals surface area contributed by atoms with Crippen molar-refractivity contribution in [3.63, 3.8) is 0 Å². The molecule has 0 aromatic heterocycles. The van der Waals surface area contributed by atoms with Gasteiger partial charge in [-0.25, -0.2) is 0 Å². The zero-order valence-corrected chi connectivity index (χ0v) is 10.00. The molecule has 0 aromatic carbocycles. The van der Waals surface area contributed by atoms with Crippen molar-refractivity contribution in [1.29, 1.82) is 0 Å². The van der Waals surface area contributed by atoms with Crippen LogP contribution in [0.25, 0.3) is 0 Å². The van der Waals surface area contributed by atoms with Gasteiger partial charge in [-0.1, -0.05) is 0 Å². The van der Waals surface area contributed by atoms with Crippen LogP contribution in [0.4, 0.5) is 0 Å². The van der Waals surface area contributed by atoms with Gasteiger partial charge in [-0.15, -0.1) is 11.6 Å². The highest BCUT2D eigenvalue weighted by atomic mass is 35.5. The standard InChI is InChI=1S/C10H18ClNO3/c1-8(2)12(4-3-11)10(13)9-7-14-5-6-15-9/h8-9H,3-7H2,1-2H3. The Balaban J connectivity index is 2.53. The Morgan fingerprint density at radius 3 is 2.73 bits per heavy atom. The maximum absolute atomic E-state index is 12.0. The van der Waals surface area contributed by atoms with Crippen molar-refractivity contribution in [3.05, 3.63) is 0 Å². The molecular formula is C10H18ClNO3. The molecular weight excluding hydrogens is 218 g/mol. The first-order valence-corrected chi connectivity index (χ1v) is 5.76. The first-order valence-electron chi connectivity index (χ1n) is 5.22. The van der Waals surface area contributed by atoms with Crippen LogP contribution in [0.3, 0.4) is 0 Å². The van der Waals surface area contributed by atoms with E-state index in [2.05, 4.69) is 0 Å². The van der Waals surface area contributed by atoms with Crippen LogP contribution in [0.2, 0.25) is 0 Å². The molecule has 15 heavy (non-hydrogen) atoms. The summed E-state index contributed by atoms with van der Waals surface area (Å²) in [6.45, 7) is 5.90. The highest BCUT2D eigenvalue weighted by Gasteiger charge is 2.28. The summed E-state index contributed by atoms with van der Waals surface area (Å²) >= 11 is 5.66. The third-order valence-electron chi connectivity index (χ3n) is 2.32. The van der Waals surface area contributed by atoms with Crippen molar-refractivity contribution in [2.75, 3.05) is 32.2 Å². The Bertz CT molecular complexity index is 205. The van der Waals surface area contributed by atoms with E-state index in [9.17, 15) is 4.79 Å². The summed E-state index contributed by atoms with van der Waals surface area (Å²) in [4.78, 5) is 13.7. The fourth-order valence-electron chi connectivity index (χ4n) is 1.53. The van der Waals surface area contributed by atoms with Gasteiger partial charge in [0.1, 0.15) is 0 Å². The average molecular weight is 236 g/mol.